The van der Waals surface area contributed by atoms with Gasteiger partial charge in [0.15, 0.2) is 0 Å². The summed E-state index contributed by atoms with van der Waals surface area (Å²) < 4.78 is 19.6. The number of hydrogen-bond acceptors (Lipinski definition) is 2. The fraction of sp³-hybridized carbons (Fsp3) is 0.611. The van der Waals surface area contributed by atoms with Crippen LogP contribution in [0.5, 0.6) is 5.75 Å². The van der Waals surface area contributed by atoms with Gasteiger partial charge in [0, 0.05) is 6.07 Å². The molecule has 1 aromatic carbocycles. The van der Waals surface area contributed by atoms with E-state index >= 15 is 0 Å². The van der Waals surface area contributed by atoms with Crippen LogP contribution in [0.3, 0.4) is 0 Å². The Morgan fingerprint density at radius 2 is 1.87 bits per heavy atom. The van der Waals surface area contributed by atoms with Gasteiger partial charge < -0.3 is 10.5 Å². The number of nitrogens with two attached hydrogens (primary N) is 1. The summed E-state index contributed by atoms with van der Waals surface area (Å²) in [5.74, 6) is 2.96. The Bertz CT molecular complexity index is 632. The number of carbonyl (C=O) groups is 1. The van der Waals surface area contributed by atoms with Crippen LogP contribution < -0.4 is 10.5 Å². The SMILES string of the molecule is NC(=O)c1cc(Cl)c(OCC2CC3C4CCC(C4)C3C2)cc1F. The van der Waals surface area contributed by atoms with E-state index in [4.69, 9.17) is 22.1 Å². The molecule has 1 aromatic rings. The zero-order valence-electron chi connectivity index (χ0n) is 12.9. The van der Waals surface area contributed by atoms with Crippen molar-refractivity contribution in [2.45, 2.75) is 32.1 Å². The van der Waals surface area contributed by atoms with Crippen molar-refractivity contribution in [2.24, 2.45) is 35.3 Å². The lowest BCUT2D eigenvalue weighted by atomic mass is 9.82. The Morgan fingerprint density at radius 3 is 2.48 bits per heavy atom. The Hall–Kier alpha value is -1.29. The van der Waals surface area contributed by atoms with Gasteiger partial charge in [0.05, 0.1) is 17.2 Å². The van der Waals surface area contributed by atoms with Gasteiger partial charge in [-0.2, -0.15) is 0 Å². The van der Waals surface area contributed by atoms with Crippen molar-refractivity contribution < 1.29 is 13.9 Å². The minimum atomic E-state index is -0.824. The molecular formula is C18H21ClFNO2. The molecule has 2 bridgehead atoms. The molecule has 0 aromatic heterocycles. The van der Waals surface area contributed by atoms with Crippen molar-refractivity contribution in [1.82, 2.24) is 0 Å². The highest BCUT2D eigenvalue weighted by Gasteiger charge is 2.51. The summed E-state index contributed by atoms with van der Waals surface area (Å²) in [6.07, 6.45) is 6.71. The number of hydrogen-bond donors (Lipinski definition) is 1. The minimum Gasteiger partial charge on any atom is -0.492 e. The van der Waals surface area contributed by atoms with Crippen molar-refractivity contribution in [2.75, 3.05) is 6.61 Å². The molecule has 124 valence electrons. The van der Waals surface area contributed by atoms with Gasteiger partial charge in [-0.15, -0.1) is 0 Å². The largest absolute Gasteiger partial charge is 0.492 e. The quantitative estimate of drug-likeness (QED) is 0.901. The van der Waals surface area contributed by atoms with E-state index in [9.17, 15) is 9.18 Å². The van der Waals surface area contributed by atoms with Gasteiger partial charge in [0.25, 0.3) is 5.91 Å². The van der Waals surface area contributed by atoms with Gasteiger partial charge in [0.2, 0.25) is 0 Å². The van der Waals surface area contributed by atoms with Crippen LogP contribution in [0.1, 0.15) is 42.5 Å². The summed E-state index contributed by atoms with van der Waals surface area (Å²) in [5, 5.41) is 0.235. The van der Waals surface area contributed by atoms with Crippen LogP contribution in [0.15, 0.2) is 12.1 Å². The first kappa shape index (κ1) is 15.3. The lowest BCUT2D eigenvalue weighted by molar-refractivity contribution is 0.0996. The number of halogens is 2. The second-order valence-electron chi connectivity index (χ2n) is 7.44. The van der Waals surface area contributed by atoms with Crippen LogP contribution in [0, 0.1) is 35.4 Å². The molecule has 23 heavy (non-hydrogen) atoms. The summed E-state index contributed by atoms with van der Waals surface area (Å²) in [4.78, 5) is 11.1. The van der Waals surface area contributed by atoms with Gasteiger partial charge in [-0.25, -0.2) is 4.39 Å². The molecule has 0 spiro atoms. The number of ether oxygens (including phenoxy) is 1. The Kier molecular flexibility index (Phi) is 3.75. The fourth-order valence-electron chi connectivity index (χ4n) is 5.30. The molecule has 2 N–H and O–H groups in total. The van der Waals surface area contributed by atoms with E-state index in [0.717, 1.165) is 23.7 Å². The van der Waals surface area contributed by atoms with Crippen LogP contribution in [0.4, 0.5) is 4.39 Å². The van der Waals surface area contributed by atoms with Gasteiger partial charge in [-0.05, 0) is 67.8 Å². The zero-order chi connectivity index (χ0) is 16.1. The van der Waals surface area contributed by atoms with Gasteiger partial charge in [-0.3, -0.25) is 4.79 Å². The third kappa shape index (κ3) is 2.61. The molecule has 3 saturated carbocycles. The minimum absolute atomic E-state index is 0.200. The maximum absolute atomic E-state index is 13.8. The highest BCUT2D eigenvalue weighted by atomic mass is 35.5. The van der Waals surface area contributed by atoms with E-state index < -0.39 is 11.7 Å². The first-order valence-corrected chi connectivity index (χ1v) is 8.82. The normalized spacial score (nSPS) is 34.6. The van der Waals surface area contributed by atoms with E-state index in [1.165, 1.54) is 44.2 Å². The molecule has 5 heteroatoms. The van der Waals surface area contributed by atoms with E-state index in [1.54, 1.807) is 0 Å². The number of benzene rings is 1. The lowest BCUT2D eigenvalue weighted by Gasteiger charge is -2.23. The average molecular weight is 338 g/mol. The van der Waals surface area contributed by atoms with E-state index in [1.807, 2.05) is 0 Å². The predicted octanol–water partition coefficient (Wildman–Crippen LogP) is 4.03. The molecule has 0 radical (unpaired) electrons. The van der Waals surface area contributed by atoms with E-state index in [2.05, 4.69) is 0 Å². The topological polar surface area (TPSA) is 52.3 Å². The third-order valence-electron chi connectivity index (χ3n) is 6.25. The van der Waals surface area contributed by atoms with Crippen LogP contribution in [-0.2, 0) is 0 Å². The molecule has 3 nitrogen and oxygen atoms in total. The maximum atomic E-state index is 13.8. The molecule has 0 saturated heterocycles. The summed E-state index contributed by atoms with van der Waals surface area (Å²) >= 11 is 6.08. The molecule has 1 amide bonds. The summed E-state index contributed by atoms with van der Waals surface area (Å²) in [7, 11) is 0. The summed E-state index contributed by atoms with van der Waals surface area (Å²) in [6.45, 7) is 0.571. The van der Waals surface area contributed by atoms with Crippen LogP contribution in [0.25, 0.3) is 0 Å². The zero-order valence-corrected chi connectivity index (χ0v) is 13.7. The van der Waals surface area contributed by atoms with Gasteiger partial charge in [0.1, 0.15) is 11.6 Å². The number of primary amides is 1. The van der Waals surface area contributed by atoms with Crippen molar-refractivity contribution >= 4 is 17.5 Å². The second kappa shape index (κ2) is 5.66. The number of carbonyl (C=O) groups excluding carboxylic acids is 1. The Labute approximate surface area is 140 Å². The Balaban J connectivity index is 1.40. The van der Waals surface area contributed by atoms with Gasteiger partial charge in [-0.1, -0.05) is 11.6 Å². The number of rotatable bonds is 4. The third-order valence-corrected chi connectivity index (χ3v) is 6.54. The van der Waals surface area contributed by atoms with Crippen molar-refractivity contribution in [3.05, 3.63) is 28.5 Å². The standard InChI is InChI=1S/C18H21ClFNO2/c19-15-6-14(18(21)22)16(20)7-17(15)23-8-9-3-12-10-1-2-11(5-10)13(12)4-9/h6-7,9-13H,1-5,8H2,(H2,21,22). The molecular weight excluding hydrogens is 317 g/mol. The second-order valence-corrected chi connectivity index (χ2v) is 7.84. The molecule has 4 unspecified atom stereocenters. The molecule has 0 aliphatic heterocycles. The van der Waals surface area contributed by atoms with E-state index in [0.29, 0.717) is 18.3 Å². The smallest absolute Gasteiger partial charge is 0.251 e. The average Bonchev–Trinajstić information content (AvgIpc) is 3.19. The summed E-state index contributed by atoms with van der Waals surface area (Å²) in [5.41, 5.74) is 4.91. The van der Waals surface area contributed by atoms with Gasteiger partial charge >= 0.3 is 0 Å². The molecule has 4 atom stereocenters. The highest BCUT2D eigenvalue weighted by Crippen LogP contribution is 2.60. The lowest BCUT2D eigenvalue weighted by Crippen LogP contribution is -2.15. The first-order chi connectivity index (χ1) is 11.0. The monoisotopic (exact) mass is 337 g/mol. The molecule has 0 heterocycles. The van der Waals surface area contributed by atoms with Crippen LogP contribution >= 0.6 is 11.6 Å². The Morgan fingerprint density at radius 1 is 1.22 bits per heavy atom. The van der Waals surface area contributed by atoms with Crippen molar-refractivity contribution in [1.29, 1.82) is 0 Å². The van der Waals surface area contributed by atoms with Crippen molar-refractivity contribution in [3.63, 3.8) is 0 Å². The molecule has 3 fully saturated rings. The van der Waals surface area contributed by atoms with Crippen molar-refractivity contribution in [3.8, 4) is 5.75 Å². The predicted molar refractivity (Wildman–Crippen MR) is 86.0 cm³/mol. The molecule has 3 aliphatic carbocycles. The first-order valence-electron chi connectivity index (χ1n) is 8.44. The fourth-order valence-corrected chi connectivity index (χ4v) is 5.52. The number of fused-ring (bicyclic) bond motifs is 5. The molecule has 3 aliphatic rings. The molecule has 4 rings (SSSR count). The highest BCUT2D eigenvalue weighted by molar-refractivity contribution is 6.32. The van der Waals surface area contributed by atoms with Crippen LogP contribution in [0.2, 0.25) is 5.02 Å². The number of amides is 1. The van der Waals surface area contributed by atoms with E-state index in [-0.39, 0.29) is 10.6 Å². The van der Waals surface area contributed by atoms with Crippen LogP contribution in [-0.4, -0.2) is 12.5 Å². The maximum Gasteiger partial charge on any atom is 0.251 e. The summed E-state index contributed by atoms with van der Waals surface area (Å²) in [6, 6.07) is 2.42.